The molecule has 0 saturated heterocycles. The van der Waals surface area contributed by atoms with Crippen LogP contribution in [0.15, 0.2) is 52.9 Å². The van der Waals surface area contributed by atoms with Gasteiger partial charge in [0.15, 0.2) is 0 Å². The highest BCUT2D eigenvalue weighted by molar-refractivity contribution is 5.61. The van der Waals surface area contributed by atoms with Gasteiger partial charge < -0.3 is 14.5 Å². The van der Waals surface area contributed by atoms with Crippen LogP contribution in [0.2, 0.25) is 0 Å². The van der Waals surface area contributed by atoms with E-state index in [9.17, 15) is 10.1 Å². The smallest absolute Gasteiger partial charge is 0.271 e. The van der Waals surface area contributed by atoms with E-state index >= 15 is 0 Å². The van der Waals surface area contributed by atoms with E-state index in [1.165, 1.54) is 25.3 Å². The predicted molar refractivity (Wildman–Crippen MR) is 86.7 cm³/mol. The first-order valence-corrected chi connectivity index (χ1v) is 7.11. The van der Waals surface area contributed by atoms with Gasteiger partial charge in [-0.05, 0) is 18.2 Å². The number of nitro benzene ring substituents is 1. The minimum absolute atomic E-state index is 0.0335. The van der Waals surface area contributed by atoms with Crippen LogP contribution in [0.5, 0.6) is 5.75 Å². The number of methoxy groups -OCH3 is 1. The van der Waals surface area contributed by atoms with Crippen LogP contribution in [0.1, 0.15) is 5.89 Å². The molecular formula is C16H14N4O4. The molecule has 0 unspecified atom stereocenters. The van der Waals surface area contributed by atoms with Crippen molar-refractivity contribution >= 4 is 11.4 Å². The topological polar surface area (TPSA) is 103 Å². The van der Waals surface area contributed by atoms with Gasteiger partial charge in [0.25, 0.3) is 5.69 Å². The van der Waals surface area contributed by atoms with Crippen LogP contribution in [0.4, 0.5) is 11.4 Å². The second kappa shape index (κ2) is 6.78. The molecule has 1 N–H and O–H groups in total. The van der Waals surface area contributed by atoms with E-state index in [-0.39, 0.29) is 12.2 Å². The standard InChI is InChI=1S/C16H14N4O4/c1-23-14-8-7-12(20(21)22)9-13(14)17-10-15-18-19-16(24-15)11-5-3-2-4-6-11/h2-9,17H,10H2,1H3. The number of ether oxygens (including phenoxy) is 1. The Labute approximate surface area is 137 Å². The lowest BCUT2D eigenvalue weighted by Crippen LogP contribution is -2.02. The van der Waals surface area contributed by atoms with Crippen LogP contribution in [-0.4, -0.2) is 22.2 Å². The van der Waals surface area contributed by atoms with Crippen molar-refractivity contribution < 1.29 is 14.1 Å². The van der Waals surface area contributed by atoms with Crippen molar-refractivity contribution in [3.63, 3.8) is 0 Å². The minimum atomic E-state index is -0.467. The van der Waals surface area contributed by atoms with Gasteiger partial charge >= 0.3 is 0 Å². The van der Waals surface area contributed by atoms with Crippen LogP contribution in [-0.2, 0) is 6.54 Å². The summed E-state index contributed by atoms with van der Waals surface area (Å²) >= 11 is 0. The Hall–Kier alpha value is -3.42. The van der Waals surface area contributed by atoms with Crippen LogP contribution >= 0.6 is 0 Å². The summed E-state index contributed by atoms with van der Waals surface area (Å²) in [5.74, 6) is 1.27. The summed E-state index contributed by atoms with van der Waals surface area (Å²) in [7, 11) is 1.49. The summed E-state index contributed by atoms with van der Waals surface area (Å²) < 4.78 is 10.8. The average Bonchev–Trinajstić information content (AvgIpc) is 3.09. The van der Waals surface area contributed by atoms with E-state index < -0.39 is 4.92 Å². The lowest BCUT2D eigenvalue weighted by molar-refractivity contribution is -0.384. The van der Waals surface area contributed by atoms with Crippen LogP contribution in [0.25, 0.3) is 11.5 Å². The molecule has 8 nitrogen and oxygen atoms in total. The molecule has 122 valence electrons. The van der Waals surface area contributed by atoms with E-state index in [2.05, 4.69) is 15.5 Å². The molecule has 0 atom stereocenters. The zero-order valence-electron chi connectivity index (χ0n) is 12.8. The lowest BCUT2D eigenvalue weighted by Gasteiger charge is -2.09. The maximum absolute atomic E-state index is 10.9. The molecule has 0 spiro atoms. The Morgan fingerprint density at radius 3 is 2.71 bits per heavy atom. The third-order valence-corrected chi connectivity index (χ3v) is 3.31. The molecule has 0 saturated carbocycles. The van der Waals surface area contributed by atoms with E-state index in [0.717, 1.165) is 5.56 Å². The van der Waals surface area contributed by atoms with Gasteiger partial charge in [0.2, 0.25) is 11.8 Å². The number of nitrogens with zero attached hydrogens (tertiary/aromatic N) is 3. The molecule has 0 bridgehead atoms. The minimum Gasteiger partial charge on any atom is -0.495 e. The van der Waals surface area contributed by atoms with E-state index in [1.807, 2.05) is 30.3 Å². The van der Waals surface area contributed by atoms with E-state index in [4.69, 9.17) is 9.15 Å². The third-order valence-electron chi connectivity index (χ3n) is 3.31. The Balaban J connectivity index is 1.75. The van der Waals surface area contributed by atoms with Gasteiger partial charge in [-0.3, -0.25) is 10.1 Å². The molecule has 1 heterocycles. The highest BCUT2D eigenvalue weighted by Crippen LogP contribution is 2.29. The molecule has 0 aliphatic rings. The van der Waals surface area contributed by atoms with Crippen molar-refractivity contribution in [2.24, 2.45) is 0 Å². The molecule has 1 aromatic heterocycles. The van der Waals surface area contributed by atoms with Crippen LogP contribution < -0.4 is 10.1 Å². The quantitative estimate of drug-likeness (QED) is 0.547. The van der Waals surface area contributed by atoms with Gasteiger partial charge in [-0.2, -0.15) is 0 Å². The zero-order valence-corrected chi connectivity index (χ0v) is 12.8. The molecule has 0 aliphatic heterocycles. The Kier molecular flexibility index (Phi) is 4.37. The fourth-order valence-corrected chi connectivity index (χ4v) is 2.14. The maximum Gasteiger partial charge on any atom is 0.271 e. The SMILES string of the molecule is COc1ccc([N+](=O)[O-])cc1NCc1nnc(-c2ccccc2)o1. The molecule has 0 aliphatic carbocycles. The largest absolute Gasteiger partial charge is 0.495 e. The number of rotatable bonds is 6. The first-order valence-electron chi connectivity index (χ1n) is 7.11. The highest BCUT2D eigenvalue weighted by atomic mass is 16.6. The third kappa shape index (κ3) is 3.32. The van der Waals surface area contributed by atoms with Crippen LogP contribution in [0.3, 0.4) is 0 Å². The molecule has 3 aromatic rings. The fourth-order valence-electron chi connectivity index (χ4n) is 2.14. The van der Waals surface area contributed by atoms with Gasteiger partial charge in [-0.25, -0.2) is 0 Å². The Morgan fingerprint density at radius 1 is 1.21 bits per heavy atom. The zero-order chi connectivity index (χ0) is 16.9. The molecule has 0 fully saturated rings. The maximum atomic E-state index is 10.9. The number of aromatic nitrogens is 2. The van der Waals surface area contributed by atoms with E-state index in [1.54, 1.807) is 0 Å². The Morgan fingerprint density at radius 2 is 2.00 bits per heavy atom. The van der Waals surface area contributed by atoms with Gasteiger partial charge in [-0.15, -0.1) is 10.2 Å². The molecule has 24 heavy (non-hydrogen) atoms. The molecule has 0 amide bonds. The Bertz CT molecular complexity index is 848. The number of benzene rings is 2. The number of nitro groups is 1. The number of anilines is 1. The molecule has 3 rings (SSSR count). The monoisotopic (exact) mass is 326 g/mol. The van der Waals surface area contributed by atoms with Crippen molar-refractivity contribution in [1.29, 1.82) is 0 Å². The summed E-state index contributed by atoms with van der Waals surface area (Å²) in [6.45, 7) is 0.220. The van der Waals surface area contributed by atoms with Gasteiger partial charge in [-0.1, -0.05) is 18.2 Å². The first-order chi connectivity index (χ1) is 11.7. The second-order valence-electron chi connectivity index (χ2n) is 4.86. The highest BCUT2D eigenvalue weighted by Gasteiger charge is 2.13. The van der Waals surface area contributed by atoms with Crippen molar-refractivity contribution in [1.82, 2.24) is 10.2 Å². The predicted octanol–water partition coefficient (Wildman–Crippen LogP) is 3.27. The van der Waals surface area contributed by atoms with E-state index in [0.29, 0.717) is 23.2 Å². The summed E-state index contributed by atoms with van der Waals surface area (Å²) in [6, 6.07) is 13.7. The van der Waals surface area contributed by atoms with Crippen LogP contribution in [0, 0.1) is 10.1 Å². The average molecular weight is 326 g/mol. The number of non-ortho nitro benzene ring substituents is 1. The van der Waals surface area contributed by atoms with Gasteiger partial charge in [0, 0.05) is 17.7 Å². The summed E-state index contributed by atoms with van der Waals surface area (Å²) in [5, 5.41) is 21.9. The number of nitrogens with one attached hydrogen (secondary N) is 1. The summed E-state index contributed by atoms with van der Waals surface area (Å²) in [6.07, 6.45) is 0. The van der Waals surface area contributed by atoms with Crippen molar-refractivity contribution in [2.75, 3.05) is 12.4 Å². The number of hydrogen-bond acceptors (Lipinski definition) is 7. The van der Waals surface area contributed by atoms with Crippen molar-refractivity contribution in [3.05, 3.63) is 64.5 Å². The summed E-state index contributed by atoms with van der Waals surface area (Å²) in [5.41, 5.74) is 1.27. The fraction of sp³-hybridized carbons (Fsp3) is 0.125. The molecule has 2 aromatic carbocycles. The molecular weight excluding hydrogens is 312 g/mol. The van der Waals surface area contributed by atoms with Crippen molar-refractivity contribution in [3.8, 4) is 17.2 Å². The van der Waals surface area contributed by atoms with Crippen molar-refractivity contribution in [2.45, 2.75) is 6.54 Å². The lowest BCUT2D eigenvalue weighted by atomic mass is 10.2. The number of hydrogen-bond donors (Lipinski definition) is 1. The second-order valence-corrected chi connectivity index (χ2v) is 4.86. The molecule has 0 radical (unpaired) electrons. The molecule has 8 heteroatoms. The summed E-state index contributed by atoms with van der Waals surface area (Å²) in [4.78, 5) is 10.4. The van der Waals surface area contributed by atoms with Gasteiger partial charge in [0.1, 0.15) is 5.75 Å². The normalized spacial score (nSPS) is 10.4. The van der Waals surface area contributed by atoms with Gasteiger partial charge in [0.05, 0.1) is 24.3 Å². The first kappa shape index (κ1) is 15.5.